The number of carbonyl (C=O) groups is 2. The van der Waals surface area contributed by atoms with Crippen LogP contribution in [0.4, 0.5) is 0 Å². The van der Waals surface area contributed by atoms with Crippen LogP contribution in [0.3, 0.4) is 0 Å². The second kappa shape index (κ2) is 8.36. The van der Waals surface area contributed by atoms with Gasteiger partial charge in [0, 0.05) is 30.1 Å². The second-order valence-electron chi connectivity index (χ2n) is 6.55. The Morgan fingerprint density at radius 3 is 2.65 bits per heavy atom. The summed E-state index contributed by atoms with van der Waals surface area (Å²) in [7, 11) is 0. The van der Waals surface area contributed by atoms with Gasteiger partial charge in [-0.2, -0.15) is 0 Å². The van der Waals surface area contributed by atoms with Crippen LogP contribution in [-0.4, -0.2) is 29.9 Å². The molecule has 0 atom stereocenters. The smallest absolute Gasteiger partial charge is 0.254 e. The van der Waals surface area contributed by atoms with E-state index >= 15 is 0 Å². The lowest BCUT2D eigenvalue weighted by atomic mass is 10.2. The number of pyridine rings is 1. The molecule has 6 heteroatoms. The Morgan fingerprint density at radius 1 is 1.15 bits per heavy atom. The van der Waals surface area contributed by atoms with E-state index in [-0.39, 0.29) is 17.7 Å². The Hall–Kier alpha value is -2.34. The van der Waals surface area contributed by atoms with Gasteiger partial charge in [0.05, 0.1) is 5.56 Å². The molecule has 1 heterocycles. The third-order valence-electron chi connectivity index (χ3n) is 4.21. The molecule has 1 saturated carbocycles. The van der Waals surface area contributed by atoms with Crippen molar-refractivity contribution in [1.29, 1.82) is 0 Å². The number of hydrogen-bond acceptors (Lipinski definition) is 4. The molecular formula is C20H23N3O2S. The van der Waals surface area contributed by atoms with Gasteiger partial charge in [0.25, 0.3) is 5.91 Å². The van der Waals surface area contributed by atoms with E-state index < -0.39 is 0 Å². The van der Waals surface area contributed by atoms with Crippen LogP contribution in [0, 0.1) is 19.8 Å². The largest absolute Gasteiger partial charge is 0.354 e. The van der Waals surface area contributed by atoms with Gasteiger partial charge < -0.3 is 10.6 Å². The maximum atomic E-state index is 12.5. The van der Waals surface area contributed by atoms with Gasteiger partial charge in [0.15, 0.2) is 0 Å². The number of nitrogens with one attached hydrogen (secondary N) is 2. The number of carbonyl (C=O) groups excluding carboxylic acids is 2. The van der Waals surface area contributed by atoms with Crippen molar-refractivity contribution in [2.75, 3.05) is 13.1 Å². The van der Waals surface area contributed by atoms with E-state index in [4.69, 9.17) is 0 Å². The van der Waals surface area contributed by atoms with Crippen molar-refractivity contribution in [3.63, 3.8) is 0 Å². The molecule has 0 radical (unpaired) electrons. The molecule has 0 saturated heterocycles. The van der Waals surface area contributed by atoms with E-state index in [1.807, 2.05) is 0 Å². The minimum Gasteiger partial charge on any atom is -0.354 e. The molecular weight excluding hydrogens is 346 g/mol. The molecule has 1 aliphatic rings. The Balaban J connectivity index is 1.60. The lowest BCUT2D eigenvalue weighted by Crippen LogP contribution is -2.35. The van der Waals surface area contributed by atoms with Crippen LogP contribution < -0.4 is 10.6 Å². The number of hydrogen-bond donors (Lipinski definition) is 2. The van der Waals surface area contributed by atoms with Crippen molar-refractivity contribution >= 4 is 23.6 Å². The highest BCUT2D eigenvalue weighted by molar-refractivity contribution is 7.99. The van der Waals surface area contributed by atoms with Crippen LogP contribution in [0.2, 0.25) is 0 Å². The van der Waals surface area contributed by atoms with Gasteiger partial charge in [-0.15, -0.1) is 0 Å². The van der Waals surface area contributed by atoms with Gasteiger partial charge in [0.1, 0.15) is 5.03 Å². The molecule has 1 aromatic heterocycles. The first-order valence-electron chi connectivity index (χ1n) is 8.80. The van der Waals surface area contributed by atoms with Crippen molar-refractivity contribution in [2.24, 2.45) is 5.92 Å². The Morgan fingerprint density at radius 2 is 1.92 bits per heavy atom. The van der Waals surface area contributed by atoms with Crippen molar-refractivity contribution in [1.82, 2.24) is 15.6 Å². The fourth-order valence-corrected chi connectivity index (χ4v) is 3.56. The van der Waals surface area contributed by atoms with Crippen LogP contribution in [0.1, 0.15) is 34.3 Å². The number of rotatable bonds is 7. The maximum absolute atomic E-state index is 12.5. The summed E-state index contributed by atoms with van der Waals surface area (Å²) in [6.07, 6.45) is 3.65. The highest BCUT2D eigenvalue weighted by Crippen LogP contribution is 2.31. The Bertz CT molecular complexity index is 818. The first-order chi connectivity index (χ1) is 12.5. The summed E-state index contributed by atoms with van der Waals surface area (Å²) >= 11 is 1.49. The van der Waals surface area contributed by atoms with Gasteiger partial charge >= 0.3 is 0 Å². The van der Waals surface area contributed by atoms with E-state index in [0.717, 1.165) is 23.3 Å². The van der Waals surface area contributed by atoms with Crippen LogP contribution in [0.15, 0.2) is 46.5 Å². The predicted molar refractivity (Wildman–Crippen MR) is 102 cm³/mol. The fraction of sp³-hybridized carbons (Fsp3) is 0.350. The summed E-state index contributed by atoms with van der Waals surface area (Å²) in [5.41, 5.74) is 2.92. The summed E-state index contributed by atoms with van der Waals surface area (Å²) in [5, 5.41) is 6.38. The van der Waals surface area contributed by atoms with Crippen molar-refractivity contribution in [3.05, 3.63) is 53.2 Å². The van der Waals surface area contributed by atoms with E-state index in [1.165, 1.54) is 17.3 Å². The van der Waals surface area contributed by atoms with Crippen molar-refractivity contribution in [3.8, 4) is 0 Å². The molecule has 1 aromatic carbocycles. The first-order valence-corrected chi connectivity index (χ1v) is 9.62. The lowest BCUT2D eigenvalue weighted by Gasteiger charge is -2.11. The molecule has 2 N–H and O–H groups in total. The minimum atomic E-state index is -0.175. The molecule has 0 unspecified atom stereocenters. The van der Waals surface area contributed by atoms with E-state index in [0.29, 0.717) is 23.7 Å². The summed E-state index contributed by atoms with van der Waals surface area (Å²) in [6.45, 7) is 4.96. The number of benzene rings is 1. The molecule has 3 rings (SSSR count). The molecule has 0 aliphatic heterocycles. The number of amides is 2. The minimum absolute atomic E-state index is 0.0896. The number of aryl methyl sites for hydroxylation is 2. The van der Waals surface area contributed by atoms with Crippen LogP contribution in [0.5, 0.6) is 0 Å². The molecule has 5 nitrogen and oxygen atoms in total. The molecule has 0 spiro atoms. The van der Waals surface area contributed by atoms with Gasteiger partial charge in [-0.3, -0.25) is 9.59 Å². The van der Waals surface area contributed by atoms with E-state index in [9.17, 15) is 9.59 Å². The molecule has 1 aliphatic carbocycles. The molecule has 26 heavy (non-hydrogen) atoms. The maximum Gasteiger partial charge on any atom is 0.254 e. The molecule has 2 aromatic rings. The molecule has 1 fully saturated rings. The molecule has 0 bridgehead atoms. The highest BCUT2D eigenvalue weighted by atomic mass is 32.2. The lowest BCUT2D eigenvalue weighted by molar-refractivity contribution is -0.122. The monoisotopic (exact) mass is 369 g/mol. The zero-order valence-electron chi connectivity index (χ0n) is 15.0. The average molecular weight is 369 g/mol. The van der Waals surface area contributed by atoms with Gasteiger partial charge in [-0.25, -0.2) is 4.98 Å². The summed E-state index contributed by atoms with van der Waals surface area (Å²) in [6, 6.07) is 9.76. The third kappa shape index (κ3) is 4.85. The zero-order valence-corrected chi connectivity index (χ0v) is 15.9. The standard InChI is InChI=1S/C20H23N3O2S/c1-13-5-8-17(14(2)12-13)26-20-16(4-3-9-23-20)19(25)22-11-10-21-18(24)15-6-7-15/h3-5,8-9,12,15H,6-7,10-11H2,1-2H3,(H,21,24)(H,22,25). The summed E-state index contributed by atoms with van der Waals surface area (Å²) < 4.78 is 0. The summed E-state index contributed by atoms with van der Waals surface area (Å²) in [4.78, 5) is 29.6. The zero-order chi connectivity index (χ0) is 18.5. The predicted octanol–water partition coefficient (Wildman–Crippen LogP) is 3.11. The van der Waals surface area contributed by atoms with Crippen molar-refractivity contribution < 1.29 is 9.59 Å². The van der Waals surface area contributed by atoms with Crippen LogP contribution in [-0.2, 0) is 4.79 Å². The normalized spacial score (nSPS) is 13.3. The summed E-state index contributed by atoms with van der Waals surface area (Å²) in [5.74, 6) is 0.0996. The van der Waals surface area contributed by atoms with Crippen LogP contribution in [0.25, 0.3) is 0 Å². The molecule has 136 valence electrons. The second-order valence-corrected chi connectivity index (χ2v) is 7.58. The van der Waals surface area contributed by atoms with Crippen LogP contribution >= 0.6 is 11.8 Å². The quantitative estimate of drug-likeness (QED) is 0.736. The van der Waals surface area contributed by atoms with Gasteiger partial charge in [0.2, 0.25) is 5.91 Å². The third-order valence-corrected chi connectivity index (χ3v) is 5.41. The van der Waals surface area contributed by atoms with Gasteiger partial charge in [-0.1, -0.05) is 29.5 Å². The van der Waals surface area contributed by atoms with E-state index in [2.05, 4.69) is 47.7 Å². The first kappa shape index (κ1) is 18.5. The number of nitrogens with zero attached hydrogens (tertiary/aromatic N) is 1. The Kier molecular flexibility index (Phi) is 5.93. The molecule has 2 amide bonds. The highest BCUT2D eigenvalue weighted by Gasteiger charge is 2.29. The number of aromatic nitrogens is 1. The van der Waals surface area contributed by atoms with Crippen molar-refractivity contribution in [2.45, 2.75) is 36.6 Å². The van der Waals surface area contributed by atoms with E-state index in [1.54, 1.807) is 18.3 Å². The fourth-order valence-electron chi connectivity index (χ4n) is 2.61. The van der Waals surface area contributed by atoms with Gasteiger partial charge in [-0.05, 0) is 50.5 Å². The SMILES string of the molecule is Cc1ccc(Sc2ncccc2C(=O)NCCNC(=O)C2CC2)c(C)c1. The average Bonchev–Trinajstić information content (AvgIpc) is 3.46. The topological polar surface area (TPSA) is 71.1 Å². The Labute approximate surface area is 158 Å².